The third-order valence-corrected chi connectivity index (χ3v) is 5.02. The number of methoxy groups -OCH3 is 1. The molecule has 0 N–H and O–H groups in total. The number of rotatable bonds is 5. The highest BCUT2D eigenvalue weighted by atomic mass is 79.9. The normalized spacial score (nSPS) is 10.7. The Bertz CT molecular complexity index is 819. The quantitative estimate of drug-likeness (QED) is 0.600. The van der Waals surface area contributed by atoms with Crippen molar-refractivity contribution in [1.82, 2.24) is 14.8 Å². The number of halogens is 1. The molecule has 4 nitrogen and oxygen atoms in total. The summed E-state index contributed by atoms with van der Waals surface area (Å²) in [7, 11) is 3.64. The highest BCUT2D eigenvalue weighted by Gasteiger charge is 2.14. The lowest BCUT2D eigenvalue weighted by Crippen LogP contribution is -1.97. The molecule has 0 aliphatic carbocycles. The molecule has 6 heteroatoms. The predicted octanol–water partition coefficient (Wildman–Crippen LogP) is 4.55. The van der Waals surface area contributed by atoms with Crippen LogP contribution < -0.4 is 4.74 Å². The van der Waals surface area contributed by atoms with Crippen molar-refractivity contribution in [3.63, 3.8) is 0 Å². The largest absolute Gasteiger partial charge is 0.496 e. The average Bonchev–Trinajstić information content (AvgIpc) is 2.93. The van der Waals surface area contributed by atoms with Gasteiger partial charge in [0, 0.05) is 17.3 Å². The minimum Gasteiger partial charge on any atom is -0.496 e. The van der Waals surface area contributed by atoms with Crippen LogP contribution in [-0.4, -0.2) is 21.9 Å². The van der Waals surface area contributed by atoms with E-state index in [4.69, 9.17) is 4.74 Å². The number of aromatic nitrogens is 3. The minimum absolute atomic E-state index is 0.798. The molecule has 0 bridgehead atoms. The van der Waals surface area contributed by atoms with Gasteiger partial charge in [-0.1, -0.05) is 52.0 Å². The summed E-state index contributed by atoms with van der Waals surface area (Å²) in [5, 5.41) is 9.52. The van der Waals surface area contributed by atoms with Crippen LogP contribution in [0.5, 0.6) is 5.75 Å². The molecule has 0 fully saturated rings. The summed E-state index contributed by atoms with van der Waals surface area (Å²) >= 11 is 5.16. The molecular formula is C17H16BrN3OS. The average molecular weight is 390 g/mol. The van der Waals surface area contributed by atoms with Gasteiger partial charge in [-0.15, -0.1) is 10.2 Å². The molecule has 0 aliphatic rings. The third-order valence-electron chi connectivity index (χ3n) is 3.44. The molecule has 0 amide bonds. The van der Waals surface area contributed by atoms with Crippen LogP contribution in [0.15, 0.2) is 58.2 Å². The standard InChI is InChI=1S/C17H16BrN3OS/c1-21-16(14-8-3-4-9-15(14)22-2)19-20-17(21)23-11-12-6-5-7-13(18)10-12/h3-10H,11H2,1-2H3. The topological polar surface area (TPSA) is 39.9 Å². The number of benzene rings is 2. The summed E-state index contributed by atoms with van der Waals surface area (Å²) in [4.78, 5) is 0. The molecule has 1 aromatic heterocycles. The summed E-state index contributed by atoms with van der Waals surface area (Å²) in [6.45, 7) is 0. The van der Waals surface area contributed by atoms with Crippen molar-refractivity contribution in [2.24, 2.45) is 7.05 Å². The van der Waals surface area contributed by atoms with E-state index >= 15 is 0 Å². The van der Waals surface area contributed by atoms with E-state index in [2.05, 4.69) is 38.3 Å². The fourth-order valence-electron chi connectivity index (χ4n) is 2.28. The number of para-hydroxylation sites is 1. The first-order valence-corrected chi connectivity index (χ1v) is 8.87. The molecule has 23 heavy (non-hydrogen) atoms. The fourth-order valence-corrected chi connectivity index (χ4v) is 3.58. The lowest BCUT2D eigenvalue weighted by molar-refractivity contribution is 0.416. The Hall–Kier alpha value is -1.79. The van der Waals surface area contributed by atoms with Crippen molar-refractivity contribution in [3.8, 4) is 17.1 Å². The van der Waals surface area contributed by atoms with E-state index in [0.717, 1.165) is 32.5 Å². The molecule has 0 saturated heterocycles. The highest BCUT2D eigenvalue weighted by Crippen LogP contribution is 2.31. The van der Waals surface area contributed by atoms with E-state index < -0.39 is 0 Å². The van der Waals surface area contributed by atoms with Gasteiger partial charge in [0.25, 0.3) is 0 Å². The molecule has 0 saturated carbocycles. The Labute approximate surface area is 148 Å². The van der Waals surface area contributed by atoms with Crippen LogP contribution in [0.25, 0.3) is 11.4 Å². The number of hydrogen-bond donors (Lipinski definition) is 0. The maximum absolute atomic E-state index is 5.41. The van der Waals surface area contributed by atoms with Crippen LogP contribution >= 0.6 is 27.7 Å². The van der Waals surface area contributed by atoms with Crippen LogP contribution in [-0.2, 0) is 12.8 Å². The van der Waals surface area contributed by atoms with Crippen LogP contribution in [0.2, 0.25) is 0 Å². The summed E-state index contributed by atoms with van der Waals surface area (Å²) in [6, 6.07) is 16.1. The van der Waals surface area contributed by atoms with Gasteiger partial charge >= 0.3 is 0 Å². The van der Waals surface area contributed by atoms with Gasteiger partial charge in [-0.05, 0) is 29.8 Å². The fraction of sp³-hybridized carbons (Fsp3) is 0.176. The number of ether oxygens (including phenoxy) is 1. The Morgan fingerprint density at radius 1 is 1.13 bits per heavy atom. The number of hydrogen-bond acceptors (Lipinski definition) is 4. The van der Waals surface area contributed by atoms with Gasteiger partial charge in [0.15, 0.2) is 11.0 Å². The van der Waals surface area contributed by atoms with Gasteiger partial charge in [-0.25, -0.2) is 0 Å². The Balaban J connectivity index is 1.82. The monoisotopic (exact) mass is 389 g/mol. The highest BCUT2D eigenvalue weighted by molar-refractivity contribution is 9.10. The first-order chi connectivity index (χ1) is 11.2. The number of nitrogens with zero attached hydrogens (tertiary/aromatic N) is 3. The van der Waals surface area contributed by atoms with Crippen LogP contribution in [0.4, 0.5) is 0 Å². The predicted molar refractivity (Wildman–Crippen MR) is 96.7 cm³/mol. The second-order valence-electron chi connectivity index (χ2n) is 4.98. The second kappa shape index (κ2) is 7.19. The SMILES string of the molecule is COc1ccccc1-c1nnc(SCc2cccc(Br)c2)n1C. The molecule has 0 unspecified atom stereocenters. The molecule has 0 aliphatic heterocycles. The lowest BCUT2D eigenvalue weighted by Gasteiger charge is -2.08. The van der Waals surface area contributed by atoms with Crippen molar-refractivity contribution in [3.05, 3.63) is 58.6 Å². The van der Waals surface area contributed by atoms with E-state index in [9.17, 15) is 0 Å². The number of thioether (sulfide) groups is 1. The molecule has 0 spiro atoms. The zero-order valence-electron chi connectivity index (χ0n) is 12.9. The third kappa shape index (κ3) is 3.59. The van der Waals surface area contributed by atoms with Gasteiger partial charge in [-0.2, -0.15) is 0 Å². The summed E-state index contributed by atoms with van der Waals surface area (Å²) in [5.74, 6) is 2.45. The molecule has 0 radical (unpaired) electrons. The van der Waals surface area contributed by atoms with E-state index in [1.807, 2.05) is 48.0 Å². The first-order valence-electron chi connectivity index (χ1n) is 7.09. The maximum atomic E-state index is 5.41. The molecule has 0 atom stereocenters. The summed E-state index contributed by atoms with van der Waals surface area (Å²) < 4.78 is 8.50. The first kappa shape index (κ1) is 16.1. The maximum Gasteiger partial charge on any atom is 0.191 e. The summed E-state index contributed by atoms with van der Waals surface area (Å²) in [6.07, 6.45) is 0. The van der Waals surface area contributed by atoms with Crippen molar-refractivity contribution in [2.45, 2.75) is 10.9 Å². The van der Waals surface area contributed by atoms with Crippen LogP contribution in [0.3, 0.4) is 0 Å². The molecular weight excluding hydrogens is 374 g/mol. The van der Waals surface area contributed by atoms with Gasteiger partial charge in [-0.3, -0.25) is 0 Å². The van der Waals surface area contributed by atoms with Crippen molar-refractivity contribution < 1.29 is 4.74 Å². The zero-order valence-corrected chi connectivity index (χ0v) is 15.3. The van der Waals surface area contributed by atoms with Gasteiger partial charge in [0.1, 0.15) is 5.75 Å². The zero-order chi connectivity index (χ0) is 16.2. The Kier molecular flexibility index (Phi) is 5.03. The molecule has 1 heterocycles. The van der Waals surface area contributed by atoms with Crippen LogP contribution in [0, 0.1) is 0 Å². The Morgan fingerprint density at radius 2 is 1.96 bits per heavy atom. The van der Waals surface area contributed by atoms with E-state index in [1.54, 1.807) is 18.9 Å². The van der Waals surface area contributed by atoms with E-state index in [1.165, 1.54) is 5.56 Å². The summed E-state index contributed by atoms with van der Waals surface area (Å²) in [5.41, 5.74) is 2.19. The second-order valence-corrected chi connectivity index (χ2v) is 6.84. The molecule has 2 aromatic carbocycles. The van der Waals surface area contributed by atoms with Crippen molar-refractivity contribution in [2.75, 3.05) is 7.11 Å². The van der Waals surface area contributed by atoms with Gasteiger partial charge in [0.2, 0.25) is 0 Å². The van der Waals surface area contributed by atoms with Crippen molar-refractivity contribution in [1.29, 1.82) is 0 Å². The minimum atomic E-state index is 0.798. The van der Waals surface area contributed by atoms with E-state index in [-0.39, 0.29) is 0 Å². The van der Waals surface area contributed by atoms with Crippen molar-refractivity contribution >= 4 is 27.7 Å². The molecule has 3 aromatic rings. The van der Waals surface area contributed by atoms with Crippen LogP contribution in [0.1, 0.15) is 5.56 Å². The van der Waals surface area contributed by atoms with Gasteiger partial charge < -0.3 is 9.30 Å². The lowest BCUT2D eigenvalue weighted by atomic mass is 10.2. The molecule has 3 rings (SSSR count). The Morgan fingerprint density at radius 3 is 2.74 bits per heavy atom. The smallest absolute Gasteiger partial charge is 0.191 e. The molecule has 118 valence electrons. The van der Waals surface area contributed by atoms with E-state index in [0.29, 0.717) is 0 Å². The van der Waals surface area contributed by atoms with Gasteiger partial charge in [0.05, 0.1) is 12.7 Å².